The molecule has 28 heavy (non-hydrogen) atoms. The minimum absolute atomic E-state index is 0.218. The zero-order chi connectivity index (χ0) is 20.1. The summed E-state index contributed by atoms with van der Waals surface area (Å²) >= 11 is -2.24. The van der Waals surface area contributed by atoms with E-state index in [1.165, 1.54) is 12.1 Å². The normalized spacial score (nSPS) is 12.3. The second-order valence-corrected chi connectivity index (χ2v) is 8.01. The summed E-state index contributed by atoms with van der Waals surface area (Å²) in [6, 6.07) is 20.8. The van der Waals surface area contributed by atoms with Crippen molar-refractivity contribution in [2.75, 3.05) is 0 Å². The predicted molar refractivity (Wildman–Crippen MR) is 107 cm³/mol. The van der Waals surface area contributed by atoms with Crippen LogP contribution in [0.5, 0.6) is 28.7 Å². The molecule has 0 radical (unpaired) electrons. The molecule has 0 heterocycles. The first-order valence-corrected chi connectivity index (χ1v) is 9.80. The fourth-order valence-corrected chi connectivity index (χ4v) is 2.75. The van der Waals surface area contributed by atoms with E-state index in [1.54, 1.807) is 36.4 Å². The maximum Gasteiger partial charge on any atom is 0.127 e. The second kappa shape index (κ2) is 8.46. The quantitative estimate of drug-likeness (QED) is 0.500. The van der Waals surface area contributed by atoms with Gasteiger partial charge in [0.05, 0.1) is 0 Å². The molecule has 0 saturated heterocycles. The van der Waals surface area contributed by atoms with Gasteiger partial charge in [-0.15, -0.1) is 0 Å². The highest BCUT2D eigenvalue weighted by molar-refractivity contribution is 7.79. The number of benzene rings is 3. The Morgan fingerprint density at radius 3 is 1.29 bits per heavy atom. The highest BCUT2D eigenvalue weighted by Crippen LogP contribution is 2.28. The molecular weight excluding hydrogens is 376 g/mol. The Labute approximate surface area is 167 Å². The maximum atomic E-state index is 10.9. The molecule has 146 valence electrons. The summed E-state index contributed by atoms with van der Waals surface area (Å²) in [6.45, 7) is 6.00. The zero-order valence-electron chi connectivity index (χ0n) is 15.9. The van der Waals surface area contributed by atoms with Crippen molar-refractivity contribution in [1.29, 1.82) is 0 Å². The molecule has 0 N–H and O–H groups in total. The smallest absolute Gasteiger partial charge is 0.127 e. The molecule has 5 nitrogen and oxygen atoms in total. The number of ether oxygens (including phenoxy) is 3. The van der Waals surface area contributed by atoms with Crippen LogP contribution in [-0.2, 0) is 11.1 Å². The monoisotopic (exact) mass is 397 g/mol. The Balaban J connectivity index is 1.60. The Hall–Kier alpha value is -2.83. The van der Waals surface area contributed by atoms with Gasteiger partial charge in [0.2, 0.25) is 0 Å². The van der Waals surface area contributed by atoms with Crippen LogP contribution in [0.1, 0.15) is 20.8 Å². The molecule has 0 spiro atoms. The highest BCUT2D eigenvalue weighted by atomic mass is 32.2. The van der Waals surface area contributed by atoms with Crippen LogP contribution in [0.3, 0.4) is 0 Å². The minimum Gasteiger partial charge on any atom is -0.768 e. The molecule has 0 fully saturated rings. The third-order valence-corrected chi connectivity index (χ3v) is 4.22. The van der Waals surface area contributed by atoms with Crippen molar-refractivity contribution in [3.63, 3.8) is 0 Å². The summed E-state index contributed by atoms with van der Waals surface area (Å²) in [5, 5.41) is 0. The van der Waals surface area contributed by atoms with Gasteiger partial charge in [0.25, 0.3) is 0 Å². The van der Waals surface area contributed by atoms with E-state index in [2.05, 4.69) is 0 Å². The van der Waals surface area contributed by atoms with Crippen LogP contribution in [0.2, 0.25) is 0 Å². The van der Waals surface area contributed by atoms with Gasteiger partial charge in [-0.3, -0.25) is 4.21 Å². The van der Waals surface area contributed by atoms with E-state index < -0.39 is 11.1 Å². The lowest BCUT2D eigenvalue weighted by molar-refractivity contribution is 0.131. The van der Waals surface area contributed by atoms with Crippen LogP contribution in [0.4, 0.5) is 0 Å². The zero-order valence-corrected chi connectivity index (χ0v) is 16.7. The summed E-state index contributed by atoms with van der Waals surface area (Å²) in [7, 11) is 0. The topological polar surface area (TPSA) is 67.8 Å². The van der Waals surface area contributed by atoms with Crippen LogP contribution < -0.4 is 14.2 Å². The van der Waals surface area contributed by atoms with E-state index in [1.807, 2.05) is 45.0 Å². The third-order valence-electron chi connectivity index (χ3n) is 3.56. The molecule has 0 aromatic heterocycles. The van der Waals surface area contributed by atoms with Crippen molar-refractivity contribution in [2.24, 2.45) is 0 Å². The molecule has 0 aliphatic rings. The Kier molecular flexibility index (Phi) is 6.02. The van der Waals surface area contributed by atoms with E-state index in [4.69, 9.17) is 14.2 Å². The maximum absolute atomic E-state index is 10.9. The van der Waals surface area contributed by atoms with Crippen molar-refractivity contribution < 1.29 is 23.0 Å². The molecular formula is C22H21O5S-. The van der Waals surface area contributed by atoms with Gasteiger partial charge in [-0.05, 0) is 105 Å². The van der Waals surface area contributed by atoms with Gasteiger partial charge in [0, 0.05) is 4.90 Å². The lowest BCUT2D eigenvalue weighted by atomic mass is 10.2. The van der Waals surface area contributed by atoms with Crippen molar-refractivity contribution in [1.82, 2.24) is 0 Å². The molecule has 0 bridgehead atoms. The Morgan fingerprint density at radius 1 is 0.643 bits per heavy atom. The van der Waals surface area contributed by atoms with Gasteiger partial charge >= 0.3 is 0 Å². The van der Waals surface area contributed by atoms with E-state index in [0.29, 0.717) is 23.0 Å². The molecule has 0 aliphatic heterocycles. The number of rotatable bonds is 6. The SMILES string of the molecule is CC(C)(C)Oc1ccc(Oc2ccc(Oc3ccc(S(=O)[O-])cc3)cc2)cc1. The summed E-state index contributed by atoms with van der Waals surface area (Å²) < 4.78 is 39.1. The van der Waals surface area contributed by atoms with Crippen molar-refractivity contribution in [2.45, 2.75) is 31.3 Å². The summed E-state index contributed by atoms with van der Waals surface area (Å²) in [4.78, 5) is 0.218. The van der Waals surface area contributed by atoms with E-state index in [-0.39, 0.29) is 10.5 Å². The number of hydrogen-bond donors (Lipinski definition) is 0. The summed E-state index contributed by atoms with van der Waals surface area (Å²) in [5.74, 6) is 3.34. The van der Waals surface area contributed by atoms with Gasteiger partial charge < -0.3 is 18.8 Å². The molecule has 3 aromatic rings. The van der Waals surface area contributed by atoms with Crippen LogP contribution in [0, 0.1) is 0 Å². The molecule has 0 aliphatic carbocycles. The van der Waals surface area contributed by atoms with Gasteiger partial charge in [0.15, 0.2) is 0 Å². The highest BCUT2D eigenvalue weighted by Gasteiger charge is 2.11. The minimum atomic E-state index is -2.24. The molecule has 1 atom stereocenters. The number of hydrogen-bond acceptors (Lipinski definition) is 5. The molecule has 3 aromatic carbocycles. The summed E-state index contributed by atoms with van der Waals surface area (Å²) in [6.07, 6.45) is 0. The summed E-state index contributed by atoms with van der Waals surface area (Å²) in [5.41, 5.74) is -0.245. The molecule has 1 unspecified atom stereocenters. The fourth-order valence-electron chi connectivity index (χ4n) is 2.40. The lowest BCUT2D eigenvalue weighted by Gasteiger charge is -2.21. The van der Waals surface area contributed by atoms with Crippen molar-refractivity contribution in [3.05, 3.63) is 72.8 Å². The van der Waals surface area contributed by atoms with Gasteiger partial charge in [-0.1, -0.05) is 0 Å². The van der Waals surface area contributed by atoms with Crippen LogP contribution >= 0.6 is 0 Å². The first-order valence-electron chi connectivity index (χ1n) is 8.73. The Bertz CT molecular complexity index is 927. The average molecular weight is 397 g/mol. The van der Waals surface area contributed by atoms with Gasteiger partial charge in [0.1, 0.15) is 34.3 Å². The Morgan fingerprint density at radius 2 is 0.964 bits per heavy atom. The standard InChI is InChI=1S/C22H22O5S/c1-22(2,3)27-20-10-8-18(9-11-20)25-16-4-6-17(7-5-16)26-19-12-14-21(15-13-19)28(23)24/h4-15H,1-3H3,(H,23,24)/p-1. The van der Waals surface area contributed by atoms with E-state index in [9.17, 15) is 8.76 Å². The molecule has 3 rings (SSSR count). The van der Waals surface area contributed by atoms with Crippen molar-refractivity contribution in [3.8, 4) is 28.7 Å². The van der Waals surface area contributed by atoms with E-state index in [0.717, 1.165) is 5.75 Å². The lowest BCUT2D eigenvalue weighted by Crippen LogP contribution is -2.22. The van der Waals surface area contributed by atoms with E-state index >= 15 is 0 Å². The second-order valence-electron chi connectivity index (χ2n) is 7.07. The van der Waals surface area contributed by atoms with Gasteiger partial charge in [-0.2, -0.15) is 0 Å². The average Bonchev–Trinajstić information content (AvgIpc) is 2.64. The largest absolute Gasteiger partial charge is 0.768 e. The van der Waals surface area contributed by atoms with Crippen LogP contribution in [0.15, 0.2) is 77.7 Å². The molecule has 0 amide bonds. The van der Waals surface area contributed by atoms with Crippen LogP contribution in [-0.4, -0.2) is 14.4 Å². The van der Waals surface area contributed by atoms with Gasteiger partial charge in [-0.25, -0.2) is 0 Å². The first-order chi connectivity index (χ1) is 13.3. The van der Waals surface area contributed by atoms with Crippen molar-refractivity contribution >= 4 is 11.1 Å². The predicted octanol–water partition coefficient (Wildman–Crippen LogP) is 5.69. The first kappa shape index (κ1) is 19.9. The third kappa shape index (κ3) is 5.84. The van der Waals surface area contributed by atoms with Crippen LogP contribution in [0.25, 0.3) is 0 Å². The molecule has 0 saturated carbocycles. The fraction of sp³-hybridized carbons (Fsp3) is 0.182. The molecule has 6 heteroatoms.